The minimum absolute atomic E-state index is 0.583. The minimum Gasteiger partial charge on any atom is -0.492 e. The van der Waals surface area contributed by atoms with Crippen molar-refractivity contribution < 1.29 is 4.74 Å². The number of nitrogens with one attached hydrogen (secondary N) is 2. The fourth-order valence-electron chi connectivity index (χ4n) is 2.94. The lowest BCUT2D eigenvalue weighted by molar-refractivity contribution is 0.322. The quantitative estimate of drug-likeness (QED) is 0.366. The van der Waals surface area contributed by atoms with E-state index in [0.717, 1.165) is 41.7 Å². The molecule has 6 heteroatoms. The molecule has 1 aromatic heterocycles. The first-order valence-corrected chi connectivity index (χ1v) is 9.40. The van der Waals surface area contributed by atoms with Gasteiger partial charge < -0.3 is 19.9 Å². The van der Waals surface area contributed by atoms with Gasteiger partial charge in [0.2, 0.25) is 0 Å². The molecule has 0 radical (unpaired) electrons. The van der Waals surface area contributed by atoms with Crippen LogP contribution in [-0.4, -0.2) is 41.8 Å². The van der Waals surface area contributed by atoms with E-state index < -0.39 is 0 Å². The maximum atomic E-state index is 5.70. The molecule has 0 aliphatic rings. The van der Waals surface area contributed by atoms with E-state index in [1.807, 2.05) is 55.5 Å². The summed E-state index contributed by atoms with van der Waals surface area (Å²) in [6.07, 6.45) is 0. The number of aryl methyl sites for hydroxylation is 1. The maximum Gasteiger partial charge on any atom is 0.191 e. The number of ether oxygens (including phenoxy) is 1. The van der Waals surface area contributed by atoms with Crippen molar-refractivity contribution in [3.05, 3.63) is 60.4 Å². The Kier molecular flexibility index (Phi) is 6.68. The standard InChI is InChI=1S/C21H27N5O/c1-3-22-21(24-14-16-27-18-9-5-4-6-10-18)23-13-15-26-17(2)25-19-11-7-8-12-20(19)26/h4-12H,3,13-16H2,1-2H3,(H2,22,23,24). The highest BCUT2D eigenvalue weighted by Crippen LogP contribution is 2.15. The molecule has 0 saturated carbocycles. The first kappa shape index (κ1) is 18.8. The van der Waals surface area contributed by atoms with E-state index in [-0.39, 0.29) is 0 Å². The fourth-order valence-corrected chi connectivity index (χ4v) is 2.94. The summed E-state index contributed by atoms with van der Waals surface area (Å²) in [6, 6.07) is 18.0. The van der Waals surface area contributed by atoms with E-state index in [0.29, 0.717) is 19.7 Å². The summed E-state index contributed by atoms with van der Waals surface area (Å²) in [7, 11) is 0. The molecule has 2 N–H and O–H groups in total. The topological polar surface area (TPSA) is 63.5 Å². The van der Waals surface area contributed by atoms with Gasteiger partial charge in [-0.15, -0.1) is 0 Å². The first-order valence-electron chi connectivity index (χ1n) is 9.40. The molecule has 142 valence electrons. The Bertz CT molecular complexity index is 873. The summed E-state index contributed by atoms with van der Waals surface area (Å²) in [5.41, 5.74) is 2.18. The van der Waals surface area contributed by atoms with Crippen LogP contribution in [0.2, 0.25) is 0 Å². The third kappa shape index (κ3) is 5.23. The van der Waals surface area contributed by atoms with Gasteiger partial charge in [0, 0.05) is 13.1 Å². The van der Waals surface area contributed by atoms with Crippen LogP contribution in [0.1, 0.15) is 12.7 Å². The van der Waals surface area contributed by atoms with E-state index in [4.69, 9.17) is 4.74 Å². The fraction of sp³-hybridized carbons (Fsp3) is 0.333. The molecular formula is C21H27N5O. The van der Waals surface area contributed by atoms with Gasteiger partial charge in [0.25, 0.3) is 0 Å². The second-order valence-electron chi connectivity index (χ2n) is 6.15. The van der Waals surface area contributed by atoms with Crippen LogP contribution >= 0.6 is 0 Å². The number of rotatable bonds is 8. The number of benzene rings is 2. The lowest BCUT2D eigenvalue weighted by Gasteiger charge is -2.12. The van der Waals surface area contributed by atoms with Gasteiger partial charge in [-0.3, -0.25) is 4.99 Å². The molecule has 0 unspecified atom stereocenters. The van der Waals surface area contributed by atoms with Crippen LogP contribution in [-0.2, 0) is 6.54 Å². The Morgan fingerprint density at radius 2 is 1.85 bits per heavy atom. The molecule has 6 nitrogen and oxygen atoms in total. The highest BCUT2D eigenvalue weighted by Gasteiger charge is 2.06. The molecule has 3 aromatic rings. The molecule has 0 aliphatic carbocycles. The van der Waals surface area contributed by atoms with E-state index in [1.54, 1.807) is 0 Å². The Hall–Kier alpha value is -3.02. The second-order valence-corrected chi connectivity index (χ2v) is 6.15. The average Bonchev–Trinajstić information content (AvgIpc) is 3.01. The molecule has 0 saturated heterocycles. The van der Waals surface area contributed by atoms with E-state index >= 15 is 0 Å². The summed E-state index contributed by atoms with van der Waals surface area (Å²) in [4.78, 5) is 9.27. The lowest BCUT2D eigenvalue weighted by atomic mass is 10.3. The van der Waals surface area contributed by atoms with Gasteiger partial charge in [0.05, 0.1) is 24.1 Å². The number of para-hydroxylation sites is 3. The third-order valence-electron chi connectivity index (χ3n) is 4.19. The number of hydrogen-bond acceptors (Lipinski definition) is 3. The highest BCUT2D eigenvalue weighted by molar-refractivity contribution is 5.79. The van der Waals surface area contributed by atoms with Crippen molar-refractivity contribution in [2.75, 3.05) is 26.2 Å². The summed E-state index contributed by atoms with van der Waals surface area (Å²) in [5.74, 6) is 2.69. The Labute approximate surface area is 160 Å². The van der Waals surface area contributed by atoms with Crippen molar-refractivity contribution in [2.45, 2.75) is 20.4 Å². The monoisotopic (exact) mass is 365 g/mol. The number of hydrogen-bond donors (Lipinski definition) is 2. The SMILES string of the molecule is CCNC(=NCCn1c(C)nc2ccccc21)NCCOc1ccccc1. The predicted molar refractivity (Wildman–Crippen MR) is 110 cm³/mol. The molecule has 3 rings (SSSR count). The van der Waals surface area contributed by atoms with Crippen LogP contribution in [0.15, 0.2) is 59.6 Å². The van der Waals surface area contributed by atoms with Gasteiger partial charge in [-0.2, -0.15) is 0 Å². The van der Waals surface area contributed by atoms with Gasteiger partial charge in [0.15, 0.2) is 5.96 Å². The van der Waals surface area contributed by atoms with Gasteiger partial charge in [0.1, 0.15) is 18.2 Å². The second kappa shape index (κ2) is 9.62. The van der Waals surface area contributed by atoms with Gasteiger partial charge >= 0.3 is 0 Å². The summed E-state index contributed by atoms with van der Waals surface area (Å²) >= 11 is 0. The van der Waals surface area contributed by atoms with Crippen LogP contribution in [0.4, 0.5) is 0 Å². The summed E-state index contributed by atoms with van der Waals surface area (Å²) in [5, 5.41) is 6.58. The predicted octanol–water partition coefficient (Wildman–Crippen LogP) is 2.98. The van der Waals surface area contributed by atoms with Crippen molar-refractivity contribution in [3.8, 4) is 5.75 Å². The summed E-state index contributed by atoms with van der Waals surface area (Å²) < 4.78 is 7.91. The number of imidazole rings is 1. The molecule has 0 spiro atoms. The largest absolute Gasteiger partial charge is 0.492 e. The minimum atomic E-state index is 0.583. The van der Waals surface area contributed by atoms with Crippen molar-refractivity contribution in [3.63, 3.8) is 0 Å². The molecule has 1 heterocycles. The molecule has 0 fully saturated rings. The highest BCUT2D eigenvalue weighted by atomic mass is 16.5. The molecule has 0 amide bonds. The Morgan fingerprint density at radius 1 is 1.07 bits per heavy atom. The smallest absolute Gasteiger partial charge is 0.191 e. The molecule has 0 aliphatic heterocycles. The number of guanidine groups is 1. The van der Waals surface area contributed by atoms with E-state index in [1.165, 1.54) is 0 Å². The number of fused-ring (bicyclic) bond motifs is 1. The summed E-state index contributed by atoms with van der Waals surface area (Å²) in [6.45, 7) is 7.66. The molecule has 2 aromatic carbocycles. The van der Waals surface area contributed by atoms with Crippen molar-refractivity contribution in [1.29, 1.82) is 0 Å². The van der Waals surface area contributed by atoms with Gasteiger partial charge in [-0.25, -0.2) is 4.98 Å². The average molecular weight is 365 g/mol. The van der Waals surface area contributed by atoms with Crippen molar-refractivity contribution in [1.82, 2.24) is 20.2 Å². The molecule has 27 heavy (non-hydrogen) atoms. The lowest BCUT2D eigenvalue weighted by Crippen LogP contribution is -2.39. The first-order chi connectivity index (χ1) is 13.3. The van der Waals surface area contributed by atoms with Crippen LogP contribution in [0.5, 0.6) is 5.75 Å². The van der Waals surface area contributed by atoms with Crippen LogP contribution < -0.4 is 15.4 Å². The number of aliphatic imine (C=N–C) groups is 1. The zero-order valence-electron chi connectivity index (χ0n) is 16.0. The molecule has 0 atom stereocenters. The molecular weight excluding hydrogens is 338 g/mol. The van der Waals surface area contributed by atoms with Crippen LogP contribution in [0.25, 0.3) is 11.0 Å². The van der Waals surface area contributed by atoms with Crippen molar-refractivity contribution in [2.24, 2.45) is 4.99 Å². The Balaban J connectivity index is 1.51. The number of nitrogens with zero attached hydrogens (tertiary/aromatic N) is 3. The zero-order valence-corrected chi connectivity index (χ0v) is 16.0. The number of aromatic nitrogens is 2. The van der Waals surface area contributed by atoms with E-state index in [2.05, 4.69) is 38.2 Å². The Morgan fingerprint density at radius 3 is 2.67 bits per heavy atom. The molecule has 0 bridgehead atoms. The third-order valence-corrected chi connectivity index (χ3v) is 4.19. The van der Waals surface area contributed by atoms with Gasteiger partial charge in [-0.1, -0.05) is 30.3 Å². The van der Waals surface area contributed by atoms with Crippen LogP contribution in [0, 0.1) is 6.92 Å². The van der Waals surface area contributed by atoms with Crippen LogP contribution in [0.3, 0.4) is 0 Å². The van der Waals surface area contributed by atoms with E-state index in [9.17, 15) is 0 Å². The zero-order chi connectivity index (χ0) is 18.9. The normalized spacial score (nSPS) is 11.6. The van der Waals surface area contributed by atoms with Crippen molar-refractivity contribution >= 4 is 17.0 Å². The maximum absolute atomic E-state index is 5.70. The van der Waals surface area contributed by atoms with Gasteiger partial charge in [-0.05, 0) is 38.1 Å².